The normalized spacial score (nSPS) is 27.8. The van der Waals surface area contributed by atoms with Crippen LogP contribution >= 0.6 is 0 Å². The number of hydrogen-bond acceptors (Lipinski definition) is 3. The molecule has 0 radical (unpaired) electrons. The summed E-state index contributed by atoms with van der Waals surface area (Å²) >= 11 is 0. The smallest absolute Gasteiger partial charge is 0.122 e. The van der Waals surface area contributed by atoms with E-state index in [0.29, 0.717) is 12.5 Å². The Bertz CT molecular complexity index is 424. The SMILES string of the molecule is CCCN(C1CC1)C(CN)c1ccc(C2CC2C)o1. The van der Waals surface area contributed by atoms with Gasteiger partial charge in [-0.2, -0.15) is 0 Å². The van der Waals surface area contributed by atoms with Gasteiger partial charge in [0.15, 0.2) is 0 Å². The third kappa shape index (κ3) is 2.72. The maximum absolute atomic E-state index is 6.11. The van der Waals surface area contributed by atoms with Crippen molar-refractivity contribution in [2.24, 2.45) is 11.7 Å². The molecule has 3 nitrogen and oxygen atoms in total. The first-order valence-electron chi connectivity index (χ1n) is 7.80. The molecule has 0 amide bonds. The van der Waals surface area contributed by atoms with Crippen molar-refractivity contribution in [3.05, 3.63) is 23.7 Å². The molecule has 0 aromatic carbocycles. The maximum atomic E-state index is 6.11. The summed E-state index contributed by atoms with van der Waals surface area (Å²) in [6, 6.07) is 5.34. The van der Waals surface area contributed by atoms with Crippen LogP contribution in [0.4, 0.5) is 0 Å². The van der Waals surface area contributed by atoms with Gasteiger partial charge in [0.2, 0.25) is 0 Å². The summed E-state index contributed by atoms with van der Waals surface area (Å²) in [5, 5.41) is 0. The first-order chi connectivity index (χ1) is 9.24. The van der Waals surface area contributed by atoms with Crippen LogP contribution in [0.5, 0.6) is 0 Å². The van der Waals surface area contributed by atoms with E-state index in [-0.39, 0.29) is 6.04 Å². The van der Waals surface area contributed by atoms with Gasteiger partial charge in [0, 0.05) is 18.5 Å². The molecule has 3 heteroatoms. The largest absolute Gasteiger partial charge is 0.464 e. The van der Waals surface area contributed by atoms with Crippen LogP contribution in [0.2, 0.25) is 0 Å². The van der Waals surface area contributed by atoms with Crippen LogP contribution in [0.25, 0.3) is 0 Å². The zero-order valence-corrected chi connectivity index (χ0v) is 12.1. The van der Waals surface area contributed by atoms with E-state index in [1.807, 2.05) is 0 Å². The molecule has 1 heterocycles. The Labute approximate surface area is 116 Å². The Hall–Kier alpha value is -0.800. The Morgan fingerprint density at radius 3 is 2.68 bits per heavy atom. The van der Waals surface area contributed by atoms with Crippen molar-refractivity contribution < 1.29 is 4.42 Å². The molecule has 0 bridgehead atoms. The zero-order chi connectivity index (χ0) is 13.4. The van der Waals surface area contributed by atoms with E-state index in [0.717, 1.165) is 24.3 Å². The van der Waals surface area contributed by atoms with E-state index < -0.39 is 0 Å². The van der Waals surface area contributed by atoms with Crippen LogP contribution in [-0.2, 0) is 0 Å². The van der Waals surface area contributed by atoms with Gasteiger partial charge in [0.25, 0.3) is 0 Å². The summed E-state index contributed by atoms with van der Waals surface area (Å²) in [4.78, 5) is 2.55. The predicted molar refractivity (Wildman–Crippen MR) is 77.0 cm³/mol. The highest BCUT2D eigenvalue weighted by Gasteiger charge is 2.38. The van der Waals surface area contributed by atoms with Crippen molar-refractivity contribution in [2.45, 2.75) is 57.5 Å². The molecular formula is C16H26N2O. The second-order valence-electron chi connectivity index (χ2n) is 6.28. The number of nitrogens with two attached hydrogens (primary N) is 1. The van der Waals surface area contributed by atoms with Gasteiger partial charge in [-0.05, 0) is 50.3 Å². The summed E-state index contributed by atoms with van der Waals surface area (Å²) in [5.41, 5.74) is 6.03. The minimum atomic E-state index is 0.273. The van der Waals surface area contributed by atoms with E-state index in [9.17, 15) is 0 Å². The molecule has 2 saturated carbocycles. The summed E-state index contributed by atoms with van der Waals surface area (Å²) in [6.07, 6.45) is 5.11. The topological polar surface area (TPSA) is 42.4 Å². The average molecular weight is 262 g/mol. The fourth-order valence-corrected chi connectivity index (χ4v) is 3.14. The minimum Gasteiger partial charge on any atom is -0.464 e. The van der Waals surface area contributed by atoms with Gasteiger partial charge in [-0.3, -0.25) is 4.90 Å². The molecule has 1 aromatic heterocycles. The molecule has 2 aliphatic carbocycles. The van der Waals surface area contributed by atoms with Crippen LogP contribution in [0, 0.1) is 5.92 Å². The Kier molecular flexibility index (Phi) is 3.68. The van der Waals surface area contributed by atoms with E-state index >= 15 is 0 Å². The minimum absolute atomic E-state index is 0.273. The first-order valence-corrected chi connectivity index (χ1v) is 7.80. The summed E-state index contributed by atoms with van der Waals surface area (Å²) in [6.45, 7) is 6.31. The lowest BCUT2D eigenvalue weighted by Crippen LogP contribution is -2.35. The maximum Gasteiger partial charge on any atom is 0.122 e. The van der Waals surface area contributed by atoms with Crippen LogP contribution in [0.15, 0.2) is 16.5 Å². The van der Waals surface area contributed by atoms with Gasteiger partial charge in [-0.15, -0.1) is 0 Å². The molecule has 106 valence electrons. The number of hydrogen-bond donors (Lipinski definition) is 1. The third-order valence-corrected chi connectivity index (χ3v) is 4.57. The highest BCUT2D eigenvalue weighted by Crippen LogP contribution is 2.48. The second kappa shape index (κ2) is 5.29. The molecule has 3 unspecified atom stereocenters. The summed E-state index contributed by atoms with van der Waals surface area (Å²) in [5.74, 6) is 3.71. The van der Waals surface area contributed by atoms with Crippen molar-refractivity contribution in [3.63, 3.8) is 0 Å². The van der Waals surface area contributed by atoms with Gasteiger partial charge < -0.3 is 10.2 Å². The monoisotopic (exact) mass is 262 g/mol. The van der Waals surface area contributed by atoms with Crippen molar-refractivity contribution in [1.29, 1.82) is 0 Å². The lowest BCUT2D eigenvalue weighted by molar-refractivity contribution is 0.168. The molecule has 3 atom stereocenters. The zero-order valence-electron chi connectivity index (χ0n) is 12.1. The van der Waals surface area contributed by atoms with Crippen LogP contribution in [0.1, 0.15) is 63.0 Å². The summed E-state index contributed by atoms with van der Waals surface area (Å²) in [7, 11) is 0. The van der Waals surface area contributed by atoms with Crippen LogP contribution in [0.3, 0.4) is 0 Å². The predicted octanol–water partition coefficient (Wildman–Crippen LogP) is 3.28. The van der Waals surface area contributed by atoms with Gasteiger partial charge >= 0.3 is 0 Å². The highest BCUT2D eigenvalue weighted by atomic mass is 16.3. The average Bonchev–Trinajstić information content (AvgIpc) is 3.31. The van der Waals surface area contributed by atoms with E-state index in [4.69, 9.17) is 10.2 Å². The van der Waals surface area contributed by atoms with Gasteiger partial charge in [0.1, 0.15) is 11.5 Å². The van der Waals surface area contributed by atoms with Crippen molar-refractivity contribution in [2.75, 3.05) is 13.1 Å². The summed E-state index contributed by atoms with van der Waals surface area (Å²) < 4.78 is 6.11. The van der Waals surface area contributed by atoms with Gasteiger partial charge in [0.05, 0.1) is 6.04 Å². The van der Waals surface area contributed by atoms with Crippen molar-refractivity contribution >= 4 is 0 Å². The lowest BCUT2D eigenvalue weighted by Gasteiger charge is -2.29. The van der Waals surface area contributed by atoms with Crippen molar-refractivity contribution in [3.8, 4) is 0 Å². The Balaban J connectivity index is 1.74. The molecule has 0 spiro atoms. The Morgan fingerprint density at radius 2 is 2.16 bits per heavy atom. The van der Waals surface area contributed by atoms with Crippen LogP contribution in [-0.4, -0.2) is 24.0 Å². The molecule has 2 N–H and O–H groups in total. The molecule has 2 aliphatic rings. The fourth-order valence-electron chi connectivity index (χ4n) is 3.14. The molecule has 0 saturated heterocycles. The third-order valence-electron chi connectivity index (χ3n) is 4.57. The molecular weight excluding hydrogens is 236 g/mol. The van der Waals surface area contributed by atoms with E-state index in [1.165, 1.54) is 31.4 Å². The van der Waals surface area contributed by atoms with E-state index in [1.54, 1.807) is 0 Å². The number of nitrogens with zero attached hydrogens (tertiary/aromatic N) is 1. The highest BCUT2D eigenvalue weighted by molar-refractivity contribution is 5.20. The molecule has 2 fully saturated rings. The molecule has 3 rings (SSSR count). The van der Waals surface area contributed by atoms with Gasteiger partial charge in [-0.25, -0.2) is 0 Å². The number of furan rings is 1. The van der Waals surface area contributed by atoms with Crippen LogP contribution < -0.4 is 5.73 Å². The molecule has 1 aromatic rings. The molecule has 0 aliphatic heterocycles. The Morgan fingerprint density at radius 1 is 1.42 bits per heavy atom. The lowest BCUT2D eigenvalue weighted by atomic mass is 10.1. The standard InChI is InChI=1S/C16H26N2O/c1-3-8-18(12-4-5-12)14(10-17)16-7-6-15(19-16)13-9-11(13)2/h6-7,11-14H,3-5,8-10,17H2,1-2H3. The van der Waals surface area contributed by atoms with Crippen molar-refractivity contribution in [1.82, 2.24) is 4.90 Å². The first kappa shape index (κ1) is 13.2. The van der Waals surface area contributed by atoms with Gasteiger partial charge in [-0.1, -0.05) is 13.8 Å². The fraction of sp³-hybridized carbons (Fsp3) is 0.750. The quantitative estimate of drug-likeness (QED) is 0.820. The molecule has 19 heavy (non-hydrogen) atoms. The van der Waals surface area contributed by atoms with E-state index in [2.05, 4.69) is 30.9 Å². The number of rotatable bonds is 7. The second-order valence-corrected chi connectivity index (χ2v) is 6.28.